The molecule has 20 heavy (non-hydrogen) atoms. The van der Waals surface area contributed by atoms with Crippen molar-refractivity contribution in [1.82, 2.24) is 9.78 Å². The Morgan fingerprint density at radius 3 is 2.95 bits per heavy atom. The SMILES string of the molecule is N#Cc1cn(C2/C=C\C/C=C\CCCC2)nc1[N+](=O)[O-]. The lowest BCUT2D eigenvalue weighted by Gasteiger charge is -2.10. The third-order valence-electron chi connectivity index (χ3n) is 3.26. The summed E-state index contributed by atoms with van der Waals surface area (Å²) >= 11 is 0. The predicted molar refractivity (Wildman–Crippen MR) is 74.0 cm³/mol. The van der Waals surface area contributed by atoms with Crippen LogP contribution in [0.3, 0.4) is 0 Å². The van der Waals surface area contributed by atoms with E-state index in [4.69, 9.17) is 5.26 Å². The molecule has 0 fully saturated rings. The number of nitriles is 1. The summed E-state index contributed by atoms with van der Waals surface area (Å²) in [7, 11) is 0. The van der Waals surface area contributed by atoms with E-state index in [9.17, 15) is 10.1 Å². The predicted octanol–water partition coefficient (Wildman–Crippen LogP) is 3.28. The minimum absolute atomic E-state index is 0.0142. The molecule has 0 bridgehead atoms. The molecule has 6 nitrogen and oxygen atoms in total. The Balaban J connectivity index is 2.26. The van der Waals surface area contributed by atoms with E-state index in [0.717, 1.165) is 32.1 Å². The van der Waals surface area contributed by atoms with Crippen molar-refractivity contribution in [2.75, 3.05) is 0 Å². The Morgan fingerprint density at radius 1 is 1.40 bits per heavy atom. The highest BCUT2D eigenvalue weighted by atomic mass is 16.6. The highest BCUT2D eigenvalue weighted by molar-refractivity contribution is 5.41. The minimum atomic E-state index is -0.609. The van der Waals surface area contributed by atoms with Crippen molar-refractivity contribution in [3.63, 3.8) is 0 Å². The first-order valence-electron chi connectivity index (χ1n) is 6.67. The van der Waals surface area contributed by atoms with E-state index in [-0.39, 0.29) is 17.4 Å². The normalized spacial score (nSPS) is 22.6. The number of hydrogen-bond acceptors (Lipinski definition) is 4. The Kier molecular flexibility index (Phi) is 4.66. The van der Waals surface area contributed by atoms with Gasteiger partial charge >= 0.3 is 5.82 Å². The summed E-state index contributed by atoms with van der Waals surface area (Å²) in [4.78, 5) is 10.2. The fourth-order valence-electron chi connectivity index (χ4n) is 2.23. The third kappa shape index (κ3) is 3.32. The van der Waals surface area contributed by atoms with Crippen molar-refractivity contribution in [3.05, 3.63) is 46.2 Å². The van der Waals surface area contributed by atoms with E-state index in [1.165, 1.54) is 6.20 Å². The van der Waals surface area contributed by atoms with Crippen molar-refractivity contribution in [2.45, 2.75) is 38.1 Å². The van der Waals surface area contributed by atoms with Crippen LogP contribution in [0.4, 0.5) is 5.82 Å². The second-order valence-corrected chi connectivity index (χ2v) is 4.70. The summed E-state index contributed by atoms with van der Waals surface area (Å²) in [5.41, 5.74) is 0.0142. The van der Waals surface area contributed by atoms with Gasteiger partial charge in [-0.15, -0.1) is 0 Å². The second kappa shape index (κ2) is 6.66. The first-order chi connectivity index (χ1) is 9.72. The molecule has 0 saturated heterocycles. The molecule has 0 aromatic carbocycles. The molecule has 1 heterocycles. The topological polar surface area (TPSA) is 84.8 Å². The zero-order valence-electron chi connectivity index (χ0n) is 11.1. The van der Waals surface area contributed by atoms with Gasteiger partial charge in [-0.1, -0.05) is 30.7 Å². The standard InChI is InChI=1S/C14H16N4O2/c15-10-12-11-17(16-14(12)18(19)20)13-8-6-4-2-1-3-5-7-9-13/h1-2,6,8,11,13H,3-5,7,9H2/b2-1-,8-6-. The van der Waals surface area contributed by atoms with Crippen molar-refractivity contribution in [3.8, 4) is 6.07 Å². The van der Waals surface area contributed by atoms with E-state index >= 15 is 0 Å². The molecule has 2 rings (SSSR count). The third-order valence-corrected chi connectivity index (χ3v) is 3.26. The van der Waals surface area contributed by atoms with Crippen LogP contribution in [0, 0.1) is 21.4 Å². The molecule has 104 valence electrons. The Labute approximate surface area is 117 Å². The quantitative estimate of drug-likeness (QED) is 0.469. The Hall–Kier alpha value is -2.42. The van der Waals surface area contributed by atoms with Crippen molar-refractivity contribution in [2.24, 2.45) is 0 Å². The molecule has 0 aliphatic heterocycles. The van der Waals surface area contributed by atoms with Crippen LogP contribution in [-0.4, -0.2) is 14.7 Å². The maximum Gasteiger partial charge on any atom is 0.407 e. The van der Waals surface area contributed by atoms with Crippen molar-refractivity contribution >= 4 is 5.82 Å². The van der Waals surface area contributed by atoms with Crippen LogP contribution in [0.25, 0.3) is 0 Å². The van der Waals surface area contributed by atoms with Crippen LogP contribution in [0.1, 0.15) is 43.7 Å². The summed E-state index contributed by atoms with van der Waals surface area (Å²) in [6, 6.07) is 1.80. The molecule has 0 spiro atoms. The summed E-state index contributed by atoms with van der Waals surface area (Å²) in [5, 5.41) is 23.7. The molecule has 0 N–H and O–H groups in total. The lowest BCUT2D eigenvalue weighted by molar-refractivity contribution is -0.390. The van der Waals surface area contributed by atoms with Crippen LogP contribution < -0.4 is 0 Å². The van der Waals surface area contributed by atoms with Gasteiger partial charge in [-0.2, -0.15) is 9.94 Å². The monoisotopic (exact) mass is 272 g/mol. The summed E-state index contributed by atoms with van der Waals surface area (Å²) in [6.45, 7) is 0. The first kappa shape index (κ1) is 14.0. The van der Waals surface area contributed by atoms with Gasteiger partial charge in [0.1, 0.15) is 6.07 Å². The summed E-state index contributed by atoms with van der Waals surface area (Å²) in [6.07, 6.45) is 14.7. The highest BCUT2D eigenvalue weighted by Gasteiger charge is 2.23. The van der Waals surface area contributed by atoms with Gasteiger partial charge in [-0.3, -0.25) is 0 Å². The van der Waals surface area contributed by atoms with E-state index in [1.54, 1.807) is 4.68 Å². The molecule has 1 aliphatic carbocycles. The molecule has 1 atom stereocenters. The molecule has 1 aromatic rings. The van der Waals surface area contributed by atoms with Gasteiger partial charge in [0.25, 0.3) is 0 Å². The zero-order chi connectivity index (χ0) is 14.4. The number of nitrogens with zero attached hydrogens (tertiary/aromatic N) is 4. The van der Waals surface area contributed by atoms with Crippen LogP contribution >= 0.6 is 0 Å². The number of allylic oxidation sites excluding steroid dienone is 4. The average molecular weight is 272 g/mol. The van der Waals surface area contributed by atoms with Crippen molar-refractivity contribution < 1.29 is 4.92 Å². The largest absolute Gasteiger partial charge is 0.407 e. The van der Waals surface area contributed by atoms with Gasteiger partial charge in [0.2, 0.25) is 0 Å². The van der Waals surface area contributed by atoms with Crippen LogP contribution in [0.5, 0.6) is 0 Å². The van der Waals surface area contributed by atoms with E-state index in [2.05, 4.69) is 17.3 Å². The molecular weight excluding hydrogens is 256 g/mol. The Bertz CT molecular complexity index is 580. The van der Waals surface area contributed by atoms with Gasteiger partial charge in [0.15, 0.2) is 5.56 Å². The molecular formula is C14H16N4O2. The average Bonchev–Trinajstić information content (AvgIpc) is 2.89. The molecule has 1 aliphatic rings. The molecule has 0 saturated carbocycles. The van der Waals surface area contributed by atoms with Crippen LogP contribution in [0.2, 0.25) is 0 Å². The zero-order valence-corrected chi connectivity index (χ0v) is 11.1. The lowest BCUT2D eigenvalue weighted by atomic mass is 10.1. The van der Waals surface area contributed by atoms with Gasteiger partial charge in [-0.25, -0.2) is 0 Å². The van der Waals surface area contributed by atoms with Crippen LogP contribution in [0.15, 0.2) is 30.5 Å². The summed E-state index contributed by atoms with van der Waals surface area (Å²) < 4.78 is 1.54. The molecule has 1 aromatic heterocycles. The molecule has 6 heteroatoms. The minimum Gasteiger partial charge on any atom is -0.358 e. The second-order valence-electron chi connectivity index (χ2n) is 4.70. The number of nitro groups is 1. The van der Waals surface area contributed by atoms with Gasteiger partial charge < -0.3 is 10.1 Å². The summed E-state index contributed by atoms with van der Waals surface area (Å²) in [5.74, 6) is -0.363. The fraction of sp³-hybridized carbons (Fsp3) is 0.429. The van der Waals surface area contributed by atoms with E-state index in [0.29, 0.717) is 0 Å². The van der Waals surface area contributed by atoms with E-state index in [1.807, 2.05) is 18.2 Å². The smallest absolute Gasteiger partial charge is 0.358 e. The fourth-order valence-corrected chi connectivity index (χ4v) is 2.23. The van der Waals surface area contributed by atoms with Crippen molar-refractivity contribution in [1.29, 1.82) is 5.26 Å². The lowest BCUT2D eigenvalue weighted by Crippen LogP contribution is -2.08. The van der Waals surface area contributed by atoms with Gasteiger partial charge in [-0.05, 0) is 30.6 Å². The maximum atomic E-state index is 10.9. The van der Waals surface area contributed by atoms with Gasteiger partial charge in [0.05, 0.1) is 17.3 Å². The number of hydrogen-bond donors (Lipinski definition) is 0. The molecule has 0 radical (unpaired) electrons. The van der Waals surface area contributed by atoms with Crippen LogP contribution in [-0.2, 0) is 0 Å². The van der Waals surface area contributed by atoms with E-state index < -0.39 is 4.92 Å². The maximum absolute atomic E-state index is 10.9. The highest BCUT2D eigenvalue weighted by Crippen LogP contribution is 2.23. The van der Waals surface area contributed by atoms with Gasteiger partial charge in [0, 0.05) is 0 Å². The Morgan fingerprint density at radius 2 is 2.25 bits per heavy atom. The first-order valence-corrected chi connectivity index (χ1v) is 6.67. The molecule has 1 unspecified atom stereocenters. The molecule has 0 amide bonds. The number of rotatable bonds is 2. The number of aromatic nitrogens is 2.